The summed E-state index contributed by atoms with van der Waals surface area (Å²) in [6.45, 7) is -0.473. The number of hydrogen-bond acceptors (Lipinski definition) is 5. The first kappa shape index (κ1) is 21.0. The molecule has 1 aromatic carbocycles. The Balaban J connectivity index is 2.42. The van der Waals surface area contributed by atoms with Gasteiger partial charge in [-0.05, 0) is 12.1 Å². The van der Waals surface area contributed by atoms with Gasteiger partial charge in [-0.2, -0.15) is 18.3 Å². The fraction of sp³-hybridized carbons (Fsp3) is 0.267. The van der Waals surface area contributed by atoms with E-state index in [9.17, 15) is 22.4 Å². The lowest BCUT2D eigenvalue weighted by atomic mass is 10.1. The molecule has 0 aliphatic heterocycles. The van der Waals surface area contributed by atoms with Gasteiger partial charge in [0, 0.05) is 18.2 Å². The summed E-state index contributed by atoms with van der Waals surface area (Å²) in [4.78, 5) is 15.6. The van der Waals surface area contributed by atoms with Crippen LogP contribution in [0.15, 0.2) is 17.3 Å². The van der Waals surface area contributed by atoms with E-state index in [1.165, 1.54) is 0 Å². The van der Waals surface area contributed by atoms with Gasteiger partial charge in [-0.1, -0.05) is 28.4 Å². The fourth-order valence-electron chi connectivity index (χ4n) is 2.07. The second-order valence-corrected chi connectivity index (χ2v) is 5.86. The molecule has 0 aliphatic carbocycles. The summed E-state index contributed by atoms with van der Waals surface area (Å²) < 4.78 is 58.3. The predicted octanol–water partition coefficient (Wildman–Crippen LogP) is 4.08. The third kappa shape index (κ3) is 4.69. The average molecular weight is 428 g/mol. The van der Waals surface area contributed by atoms with Crippen LogP contribution in [-0.4, -0.2) is 35.7 Å². The number of carbonyl (C=O) groups excluding carboxylic acids is 1. The molecule has 0 radical (unpaired) electrons. The Morgan fingerprint density at radius 3 is 2.59 bits per heavy atom. The Labute approximate surface area is 160 Å². The van der Waals surface area contributed by atoms with Crippen LogP contribution in [0.2, 0.25) is 10.0 Å². The van der Waals surface area contributed by atoms with Gasteiger partial charge >= 0.3 is 12.1 Å². The van der Waals surface area contributed by atoms with Crippen molar-refractivity contribution >= 4 is 35.4 Å². The van der Waals surface area contributed by atoms with E-state index in [1.54, 1.807) is 0 Å². The molecule has 146 valence electrons. The van der Waals surface area contributed by atoms with Crippen molar-refractivity contribution in [3.8, 4) is 11.3 Å². The molecule has 0 atom stereocenters. The first-order valence-electron chi connectivity index (χ1n) is 7.07. The van der Waals surface area contributed by atoms with E-state index >= 15 is 0 Å². The topological polar surface area (TPSA) is 65.7 Å². The molecule has 0 amide bonds. The highest BCUT2D eigenvalue weighted by atomic mass is 35.5. The normalized spacial score (nSPS) is 11.9. The zero-order valence-electron chi connectivity index (χ0n) is 13.8. The van der Waals surface area contributed by atoms with Crippen LogP contribution in [-0.2, 0) is 27.6 Å². The number of hydrogen-bond donors (Lipinski definition) is 0. The maximum absolute atomic E-state index is 14.3. The Morgan fingerprint density at radius 1 is 1.37 bits per heavy atom. The van der Waals surface area contributed by atoms with Crippen molar-refractivity contribution in [2.24, 2.45) is 12.2 Å². The summed E-state index contributed by atoms with van der Waals surface area (Å²) in [6.07, 6.45) is -3.72. The molecule has 0 fully saturated rings. The van der Waals surface area contributed by atoms with Crippen LogP contribution < -0.4 is 0 Å². The molecule has 1 heterocycles. The molecule has 0 saturated carbocycles. The number of methoxy groups -OCH3 is 1. The fourth-order valence-corrected chi connectivity index (χ4v) is 2.64. The van der Waals surface area contributed by atoms with Gasteiger partial charge < -0.3 is 9.57 Å². The smallest absolute Gasteiger partial charge is 0.434 e. The molecule has 12 heteroatoms. The minimum Gasteiger partial charge on any atom is -0.466 e. The molecule has 0 unspecified atom stereocenters. The van der Waals surface area contributed by atoms with Crippen LogP contribution in [0.5, 0.6) is 0 Å². The first-order valence-corrected chi connectivity index (χ1v) is 7.83. The van der Waals surface area contributed by atoms with Gasteiger partial charge in [-0.25, -0.2) is 9.18 Å². The molecular formula is C15H11Cl2F4N3O3. The van der Waals surface area contributed by atoms with E-state index in [-0.39, 0.29) is 16.1 Å². The molecule has 1 aromatic heterocycles. The zero-order valence-corrected chi connectivity index (χ0v) is 15.3. The third-order valence-corrected chi connectivity index (χ3v) is 3.96. The van der Waals surface area contributed by atoms with Crippen molar-refractivity contribution in [3.05, 3.63) is 39.3 Å². The van der Waals surface area contributed by atoms with Crippen LogP contribution >= 0.6 is 23.2 Å². The van der Waals surface area contributed by atoms with Crippen molar-refractivity contribution in [2.75, 3.05) is 13.7 Å². The minimum absolute atomic E-state index is 0.0928. The Morgan fingerprint density at radius 2 is 2.04 bits per heavy atom. The second-order valence-electron chi connectivity index (χ2n) is 5.07. The lowest BCUT2D eigenvalue weighted by molar-refractivity contribution is -0.146. The van der Waals surface area contributed by atoms with Crippen molar-refractivity contribution < 1.29 is 31.9 Å². The van der Waals surface area contributed by atoms with Crippen LogP contribution in [0.1, 0.15) is 11.3 Å². The van der Waals surface area contributed by atoms with Crippen molar-refractivity contribution in [2.45, 2.75) is 6.18 Å². The summed E-state index contributed by atoms with van der Waals surface area (Å²) in [5, 5.41) is 6.28. The number of nitrogens with zero attached hydrogens (tertiary/aromatic N) is 3. The van der Waals surface area contributed by atoms with Crippen molar-refractivity contribution in [1.29, 1.82) is 0 Å². The Kier molecular flexibility index (Phi) is 6.32. The molecule has 0 N–H and O–H groups in total. The van der Waals surface area contributed by atoms with Gasteiger partial charge in [0.05, 0.1) is 23.4 Å². The average Bonchev–Trinajstić information content (AvgIpc) is 2.87. The number of oxime groups is 1. The number of halogens is 6. The van der Waals surface area contributed by atoms with Crippen LogP contribution in [0.4, 0.5) is 17.6 Å². The maximum Gasteiger partial charge on any atom is 0.434 e. The number of aryl methyl sites for hydroxylation is 1. The highest BCUT2D eigenvalue weighted by Crippen LogP contribution is 2.40. The molecule has 0 spiro atoms. The summed E-state index contributed by atoms with van der Waals surface area (Å²) in [5.41, 5.74) is -1.84. The largest absolute Gasteiger partial charge is 0.466 e. The van der Waals surface area contributed by atoms with Gasteiger partial charge in [0.2, 0.25) is 6.61 Å². The third-order valence-electron chi connectivity index (χ3n) is 3.28. The second kappa shape index (κ2) is 8.13. The number of benzene rings is 1. The molecule has 0 saturated heterocycles. The lowest BCUT2D eigenvalue weighted by Gasteiger charge is -2.07. The number of alkyl halides is 3. The molecule has 2 rings (SSSR count). The van der Waals surface area contributed by atoms with Crippen molar-refractivity contribution in [1.82, 2.24) is 9.78 Å². The molecule has 0 aliphatic rings. The van der Waals surface area contributed by atoms with E-state index in [1.807, 2.05) is 0 Å². The minimum atomic E-state index is -4.77. The quantitative estimate of drug-likeness (QED) is 0.312. The summed E-state index contributed by atoms with van der Waals surface area (Å²) in [5.74, 6) is -1.61. The molecule has 6 nitrogen and oxygen atoms in total. The summed E-state index contributed by atoms with van der Waals surface area (Å²) in [6, 6.07) is 1.98. The monoisotopic (exact) mass is 427 g/mol. The number of ether oxygens (including phenoxy) is 1. The van der Waals surface area contributed by atoms with Crippen LogP contribution in [0.3, 0.4) is 0 Å². The summed E-state index contributed by atoms with van der Waals surface area (Å²) in [7, 11) is 2.19. The highest BCUT2D eigenvalue weighted by molar-refractivity contribution is 6.34. The van der Waals surface area contributed by atoms with E-state index in [0.717, 1.165) is 32.5 Å². The van der Waals surface area contributed by atoms with Crippen LogP contribution in [0.25, 0.3) is 11.3 Å². The maximum atomic E-state index is 14.3. The van der Waals surface area contributed by atoms with E-state index in [4.69, 9.17) is 23.2 Å². The van der Waals surface area contributed by atoms with Gasteiger partial charge in [0.15, 0.2) is 5.69 Å². The van der Waals surface area contributed by atoms with Crippen LogP contribution in [0, 0.1) is 5.82 Å². The van der Waals surface area contributed by atoms with E-state index < -0.39 is 41.0 Å². The number of rotatable bonds is 5. The van der Waals surface area contributed by atoms with Gasteiger partial charge in [-0.15, -0.1) is 0 Å². The standard InChI is InChI=1S/C15H11Cl2F4N3O3/c1-24-14(15(19,20)21)12(17)13(23-24)8-3-7(9(16)4-10(8)18)5-22-27-6-11(25)26-2/h3-5H,6H2,1-2H3/b22-5+. The molecule has 2 aromatic rings. The molecule has 0 bridgehead atoms. The zero-order chi connectivity index (χ0) is 20.4. The van der Waals surface area contributed by atoms with Gasteiger partial charge in [-0.3, -0.25) is 4.68 Å². The first-order chi connectivity index (χ1) is 12.6. The molecular weight excluding hydrogens is 417 g/mol. The number of esters is 1. The van der Waals surface area contributed by atoms with Gasteiger partial charge in [0.25, 0.3) is 0 Å². The van der Waals surface area contributed by atoms with Gasteiger partial charge in [0.1, 0.15) is 11.5 Å². The van der Waals surface area contributed by atoms with E-state index in [2.05, 4.69) is 19.8 Å². The predicted molar refractivity (Wildman–Crippen MR) is 89.2 cm³/mol. The molecule has 27 heavy (non-hydrogen) atoms. The number of aromatic nitrogens is 2. The number of carbonyl (C=O) groups is 1. The summed E-state index contributed by atoms with van der Waals surface area (Å²) >= 11 is 11.7. The SMILES string of the molecule is COC(=O)CO/N=C/c1cc(-c2nn(C)c(C(F)(F)F)c2Cl)c(F)cc1Cl. The van der Waals surface area contributed by atoms with E-state index in [0.29, 0.717) is 4.68 Å². The highest BCUT2D eigenvalue weighted by Gasteiger charge is 2.39. The van der Waals surface area contributed by atoms with Crippen molar-refractivity contribution in [3.63, 3.8) is 0 Å². The Hall–Kier alpha value is -2.33. The lowest BCUT2D eigenvalue weighted by Crippen LogP contribution is -2.12. The Bertz CT molecular complexity index is 897.